The normalized spacial score (nSPS) is 11.2. The van der Waals surface area contributed by atoms with Crippen molar-refractivity contribution in [2.24, 2.45) is 5.73 Å². The van der Waals surface area contributed by atoms with Gasteiger partial charge in [-0.15, -0.1) is 19.0 Å². The highest BCUT2D eigenvalue weighted by molar-refractivity contribution is 7.99. The van der Waals surface area contributed by atoms with Crippen molar-refractivity contribution in [1.29, 1.82) is 0 Å². The third kappa shape index (κ3) is 8.15. The van der Waals surface area contributed by atoms with Crippen molar-refractivity contribution in [3.8, 4) is 0 Å². The van der Waals surface area contributed by atoms with E-state index in [0.29, 0.717) is 5.75 Å². The molecule has 13 heavy (non-hydrogen) atoms. The highest BCUT2D eigenvalue weighted by Gasteiger charge is 2.12. The second-order valence-electron chi connectivity index (χ2n) is 2.28. The van der Waals surface area contributed by atoms with Crippen LogP contribution in [-0.4, -0.2) is 30.6 Å². The van der Waals surface area contributed by atoms with Crippen LogP contribution in [0.5, 0.6) is 0 Å². The van der Waals surface area contributed by atoms with E-state index in [9.17, 15) is 4.79 Å². The molecule has 0 rings (SSSR count). The molecule has 0 fully saturated rings. The zero-order valence-corrected chi connectivity index (χ0v) is 9.33. The van der Waals surface area contributed by atoms with E-state index in [1.165, 1.54) is 7.11 Å². The summed E-state index contributed by atoms with van der Waals surface area (Å²) >= 11 is 1.63. The fraction of sp³-hybridized carbons (Fsp3) is 0.625. The number of ether oxygens (including phenoxy) is 1. The van der Waals surface area contributed by atoms with Crippen LogP contribution in [0.1, 0.15) is 6.42 Å². The second-order valence-corrected chi connectivity index (χ2v) is 3.43. The van der Waals surface area contributed by atoms with Gasteiger partial charge in [0.1, 0.15) is 6.04 Å². The molecule has 0 saturated carbocycles. The molecule has 5 heteroatoms. The standard InChI is InChI=1S/C8H15NO2S.ClH/c1-3-4-5-12-6-7(9)8(10)11-2;/h3,7H,1,4-6,9H2,2H3;1H/t7-;/m0./s1. The van der Waals surface area contributed by atoms with Crippen LogP contribution in [0, 0.1) is 0 Å². The van der Waals surface area contributed by atoms with Gasteiger partial charge in [-0.2, -0.15) is 11.8 Å². The number of halogens is 1. The molecule has 0 unspecified atom stereocenters. The molecule has 2 N–H and O–H groups in total. The summed E-state index contributed by atoms with van der Waals surface area (Å²) in [6.07, 6.45) is 2.79. The molecule has 0 aliphatic carbocycles. The smallest absolute Gasteiger partial charge is 0.323 e. The maximum absolute atomic E-state index is 10.8. The number of hydrogen-bond acceptors (Lipinski definition) is 4. The fourth-order valence-corrected chi connectivity index (χ4v) is 1.49. The summed E-state index contributed by atoms with van der Waals surface area (Å²) in [6, 6.07) is -0.496. The number of esters is 1. The van der Waals surface area contributed by atoms with Gasteiger partial charge < -0.3 is 10.5 Å². The largest absolute Gasteiger partial charge is 0.468 e. The maximum atomic E-state index is 10.8. The van der Waals surface area contributed by atoms with Crippen molar-refractivity contribution in [1.82, 2.24) is 0 Å². The van der Waals surface area contributed by atoms with Gasteiger partial charge in [-0.25, -0.2) is 0 Å². The molecule has 0 radical (unpaired) electrons. The summed E-state index contributed by atoms with van der Waals surface area (Å²) in [4.78, 5) is 10.8. The van der Waals surface area contributed by atoms with Crippen molar-refractivity contribution < 1.29 is 9.53 Å². The molecule has 0 amide bonds. The first kappa shape index (κ1) is 15.3. The molecular formula is C8H16ClNO2S. The van der Waals surface area contributed by atoms with Crippen molar-refractivity contribution >= 4 is 30.1 Å². The topological polar surface area (TPSA) is 52.3 Å². The average molecular weight is 226 g/mol. The fourth-order valence-electron chi connectivity index (χ4n) is 0.596. The maximum Gasteiger partial charge on any atom is 0.323 e. The van der Waals surface area contributed by atoms with Gasteiger partial charge in [0.2, 0.25) is 0 Å². The van der Waals surface area contributed by atoms with E-state index in [1.54, 1.807) is 11.8 Å². The highest BCUT2D eigenvalue weighted by atomic mass is 35.5. The summed E-state index contributed by atoms with van der Waals surface area (Å²) in [7, 11) is 1.34. The van der Waals surface area contributed by atoms with Crippen LogP contribution in [0.2, 0.25) is 0 Å². The second kappa shape index (κ2) is 9.89. The van der Waals surface area contributed by atoms with E-state index in [-0.39, 0.29) is 18.4 Å². The molecule has 78 valence electrons. The van der Waals surface area contributed by atoms with Crippen molar-refractivity contribution in [3.05, 3.63) is 12.7 Å². The first-order valence-corrected chi connectivity index (χ1v) is 4.90. The predicted octanol–water partition coefficient (Wildman–Crippen LogP) is 1.22. The van der Waals surface area contributed by atoms with Crippen LogP contribution in [0.3, 0.4) is 0 Å². The lowest BCUT2D eigenvalue weighted by Gasteiger charge is -2.07. The van der Waals surface area contributed by atoms with E-state index < -0.39 is 6.04 Å². The Labute approximate surface area is 89.5 Å². The zero-order valence-electron chi connectivity index (χ0n) is 7.69. The lowest BCUT2D eigenvalue weighted by Crippen LogP contribution is -2.33. The minimum absolute atomic E-state index is 0. The van der Waals surface area contributed by atoms with Crippen LogP contribution < -0.4 is 5.73 Å². The first-order valence-electron chi connectivity index (χ1n) is 3.74. The van der Waals surface area contributed by atoms with Crippen LogP contribution in [-0.2, 0) is 9.53 Å². The molecule has 0 aromatic rings. The van der Waals surface area contributed by atoms with E-state index in [2.05, 4.69) is 11.3 Å². The van der Waals surface area contributed by atoms with Gasteiger partial charge in [0.15, 0.2) is 0 Å². The number of nitrogens with two attached hydrogens (primary N) is 1. The van der Waals surface area contributed by atoms with Crippen molar-refractivity contribution in [2.75, 3.05) is 18.6 Å². The van der Waals surface area contributed by atoms with Crippen molar-refractivity contribution in [3.63, 3.8) is 0 Å². The Bertz CT molecular complexity index is 155. The van der Waals surface area contributed by atoms with Gasteiger partial charge in [0.25, 0.3) is 0 Å². The monoisotopic (exact) mass is 225 g/mol. The Balaban J connectivity index is 0. The highest BCUT2D eigenvalue weighted by Crippen LogP contribution is 2.04. The van der Waals surface area contributed by atoms with Crippen LogP contribution in [0.15, 0.2) is 12.7 Å². The first-order chi connectivity index (χ1) is 5.72. The molecule has 0 aromatic heterocycles. The Morgan fingerprint density at radius 1 is 1.77 bits per heavy atom. The summed E-state index contributed by atoms with van der Waals surface area (Å²) in [5.41, 5.74) is 5.49. The Morgan fingerprint density at radius 2 is 2.38 bits per heavy atom. The quantitative estimate of drug-likeness (QED) is 0.420. The lowest BCUT2D eigenvalue weighted by molar-refractivity contribution is -0.141. The predicted molar refractivity (Wildman–Crippen MR) is 59.4 cm³/mol. The average Bonchev–Trinajstić information content (AvgIpc) is 2.10. The number of allylic oxidation sites excluding steroid dienone is 1. The number of thioether (sulfide) groups is 1. The summed E-state index contributed by atoms with van der Waals surface area (Å²) in [5, 5.41) is 0. The van der Waals surface area contributed by atoms with Gasteiger partial charge in [0.05, 0.1) is 7.11 Å². The Kier molecular flexibility index (Phi) is 11.6. The van der Waals surface area contributed by atoms with Crippen LogP contribution in [0.4, 0.5) is 0 Å². The minimum atomic E-state index is -0.496. The molecular weight excluding hydrogens is 210 g/mol. The summed E-state index contributed by atoms with van der Waals surface area (Å²) < 4.78 is 4.47. The van der Waals surface area contributed by atoms with Gasteiger partial charge >= 0.3 is 5.97 Å². The minimum Gasteiger partial charge on any atom is -0.468 e. The third-order valence-corrected chi connectivity index (χ3v) is 2.39. The summed E-state index contributed by atoms with van der Waals surface area (Å²) in [6.45, 7) is 3.59. The van der Waals surface area contributed by atoms with E-state index in [0.717, 1.165) is 12.2 Å². The van der Waals surface area contributed by atoms with Gasteiger partial charge in [-0.05, 0) is 12.2 Å². The van der Waals surface area contributed by atoms with Crippen LogP contribution >= 0.6 is 24.2 Å². The molecule has 0 aliphatic rings. The molecule has 0 spiro atoms. The van der Waals surface area contributed by atoms with Gasteiger partial charge in [-0.3, -0.25) is 4.79 Å². The Morgan fingerprint density at radius 3 is 2.85 bits per heavy atom. The molecule has 1 atom stereocenters. The van der Waals surface area contributed by atoms with Gasteiger partial charge in [-0.1, -0.05) is 6.08 Å². The van der Waals surface area contributed by atoms with Crippen molar-refractivity contribution in [2.45, 2.75) is 12.5 Å². The number of rotatable bonds is 6. The summed E-state index contributed by atoms with van der Waals surface area (Å²) in [5.74, 6) is 1.22. The molecule has 0 bridgehead atoms. The number of carbonyl (C=O) groups is 1. The number of hydrogen-bond donors (Lipinski definition) is 1. The SMILES string of the molecule is C=CCCSC[C@H](N)C(=O)OC.Cl. The van der Waals surface area contributed by atoms with E-state index >= 15 is 0 Å². The molecule has 3 nitrogen and oxygen atoms in total. The van der Waals surface area contributed by atoms with E-state index in [1.807, 2.05) is 6.08 Å². The Hall–Kier alpha value is -0.190. The van der Waals surface area contributed by atoms with Crippen LogP contribution in [0.25, 0.3) is 0 Å². The number of methoxy groups -OCH3 is 1. The zero-order chi connectivity index (χ0) is 9.40. The molecule has 0 heterocycles. The van der Waals surface area contributed by atoms with Gasteiger partial charge in [0, 0.05) is 5.75 Å². The number of carbonyl (C=O) groups excluding carboxylic acids is 1. The molecule has 0 saturated heterocycles. The lowest BCUT2D eigenvalue weighted by atomic mass is 10.4. The third-order valence-electron chi connectivity index (χ3n) is 1.27. The van der Waals surface area contributed by atoms with E-state index in [4.69, 9.17) is 5.73 Å². The molecule has 0 aromatic carbocycles. The molecule has 0 aliphatic heterocycles.